The van der Waals surface area contributed by atoms with Gasteiger partial charge in [-0.1, -0.05) is 12.8 Å². The summed E-state index contributed by atoms with van der Waals surface area (Å²) in [6.07, 6.45) is 5.08. The Morgan fingerprint density at radius 2 is 2.07 bits per heavy atom. The van der Waals surface area contributed by atoms with E-state index in [2.05, 4.69) is 5.32 Å². The van der Waals surface area contributed by atoms with Gasteiger partial charge in [0.1, 0.15) is 5.60 Å². The van der Waals surface area contributed by atoms with Crippen LogP contribution >= 0.6 is 0 Å². The predicted molar refractivity (Wildman–Crippen MR) is 51.2 cm³/mol. The van der Waals surface area contributed by atoms with E-state index in [1.807, 2.05) is 0 Å². The van der Waals surface area contributed by atoms with E-state index in [0.29, 0.717) is 19.2 Å². The molecule has 0 amide bonds. The van der Waals surface area contributed by atoms with E-state index in [9.17, 15) is 4.79 Å². The third-order valence-corrected chi connectivity index (χ3v) is 3.09. The van der Waals surface area contributed by atoms with Crippen LogP contribution in [0.25, 0.3) is 0 Å². The second-order valence-corrected chi connectivity index (χ2v) is 4.38. The zero-order valence-electron chi connectivity index (χ0n) is 8.29. The first-order valence-corrected chi connectivity index (χ1v) is 5.31. The van der Waals surface area contributed by atoms with Crippen molar-refractivity contribution in [3.05, 3.63) is 0 Å². The van der Waals surface area contributed by atoms with Gasteiger partial charge in [-0.3, -0.25) is 4.79 Å². The molecule has 0 aromatic heterocycles. The molecular weight excluding hydrogens is 182 g/mol. The van der Waals surface area contributed by atoms with E-state index in [-0.39, 0.29) is 6.42 Å². The average Bonchev–Trinajstić information content (AvgIpc) is 2.51. The Morgan fingerprint density at radius 1 is 1.43 bits per heavy atom. The summed E-state index contributed by atoms with van der Waals surface area (Å²) in [4.78, 5) is 10.7. The summed E-state index contributed by atoms with van der Waals surface area (Å²) in [5.41, 5.74) is -0.402. The molecule has 1 saturated carbocycles. The quantitative estimate of drug-likeness (QED) is 0.702. The molecule has 1 heterocycles. The van der Waals surface area contributed by atoms with Crippen molar-refractivity contribution in [3.8, 4) is 0 Å². The fourth-order valence-electron chi connectivity index (χ4n) is 2.29. The molecule has 0 bridgehead atoms. The highest BCUT2D eigenvalue weighted by Crippen LogP contribution is 2.30. The number of nitrogens with one attached hydrogen (secondary N) is 1. The molecule has 80 valence electrons. The summed E-state index contributed by atoms with van der Waals surface area (Å²) in [6, 6.07) is 0. The maximum Gasteiger partial charge on any atom is 0.306 e. The standard InChI is InChI=1S/C10H17NO3/c12-9(13)5-10(6-11-7-10)14-8-3-1-2-4-8/h8,11H,1-7H2,(H,12,13). The second kappa shape index (κ2) is 3.87. The van der Waals surface area contributed by atoms with E-state index in [0.717, 1.165) is 12.8 Å². The minimum atomic E-state index is -0.760. The van der Waals surface area contributed by atoms with Crippen LogP contribution in [0.4, 0.5) is 0 Å². The SMILES string of the molecule is O=C(O)CC1(OC2CCCC2)CNC1. The number of ether oxygens (including phenoxy) is 1. The van der Waals surface area contributed by atoms with Crippen molar-refractivity contribution >= 4 is 5.97 Å². The first-order valence-electron chi connectivity index (χ1n) is 5.31. The Hall–Kier alpha value is -0.610. The van der Waals surface area contributed by atoms with Gasteiger partial charge in [-0.05, 0) is 12.8 Å². The maximum atomic E-state index is 10.7. The van der Waals surface area contributed by atoms with Crippen LogP contribution in [0, 0.1) is 0 Å². The molecule has 1 aliphatic carbocycles. The monoisotopic (exact) mass is 199 g/mol. The van der Waals surface area contributed by atoms with E-state index in [1.165, 1.54) is 12.8 Å². The molecule has 4 nitrogen and oxygen atoms in total. The fourth-order valence-corrected chi connectivity index (χ4v) is 2.29. The topological polar surface area (TPSA) is 58.6 Å². The minimum Gasteiger partial charge on any atom is -0.481 e. The molecule has 0 radical (unpaired) electrons. The van der Waals surface area contributed by atoms with Crippen LogP contribution in [-0.2, 0) is 9.53 Å². The smallest absolute Gasteiger partial charge is 0.306 e. The number of carboxylic acids is 1. The Morgan fingerprint density at radius 3 is 2.50 bits per heavy atom. The maximum absolute atomic E-state index is 10.7. The van der Waals surface area contributed by atoms with Crippen LogP contribution in [0.1, 0.15) is 32.1 Å². The Kier molecular flexibility index (Phi) is 2.74. The van der Waals surface area contributed by atoms with Gasteiger partial charge in [0.25, 0.3) is 0 Å². The van der Waals surface area contributed by atoms with Crippen molar-refractivity contribution in [2.45, 2.75) is 43.8 Å². The van der Waals surface area contributed by atoms with Gasteiger partial charge in [-0.25, -0.2) is 0 Å². The number of aliphatic carboxylic acids is 1. The van der Waals surface area contributed by atoms with Crippen molar-refractivity contribution in [3.63, 3.8) is 0 Å². The predicted octanol–water partition coefficient (Wildman–Crippen LogP) is 0.762. The zero-order chi connectivity index (χ0) is 10.0. The lowest BCUT2D eigenvalue weighted by Gasteiger charge is -2.43. The summed E-state index contributed by atoms with van der Waals surface area (Å²) in [5.74, 6) is -0.760. The van der Waals surface area contributed by atoms with E-state index in [4.69, 9.17) is 9.84 Å². The van der Waals surface area contributed by atoms with Gasteiger partial charge in [0, 0.05) is 13.1 Å². The van der Waals surface area contributed by atoms with Crippen LogP contribution < -0.4 is 5.32 Å². The highest BCUT2D eigenvalue weighted by Gasteiger charge is 2.42. The number of hydrogen-bond acceptors (Lipinski definition) is 3. The van der Waals surface area contributed by atoms with Crippen LogP contribution in [0.3, 0.4) is 0 Å². The molecule has 0 aromatic rings. The van der Waals surface area contributed by atoms with Crippen molar-refractivity contribution in [1.82, 2.24) is 5.32 Å². The molecule has 2 fully saturated rings. The van der Waals surface area contributed by atoms with E-state index < -0.39 is 11.6 Å². The molecule has 0 atom stereocenters. The number of rotatable bonds is 4. The molecule has 4 heteroatoms. The summed E-state index contributed by atoms with van der Waals surface area (Å²) in [5, 5.41) is 11.9. The highest BCUT2D eigenvalue weighted by molar-refractivity contribution is 5.68. The first kappa shape index (κ1) is 9.93. The summed E-state index contributed by atoms with van der Waals surface area (Å²) in [7, 11) is 0. The molecule has 2 rings (SSSR count). The molecule has 0 aromatic carbocycles. The first-order chi connectivity index (χ1) is 6.70. The molecule has 0 unspecified atom stereocenters. The highest BCUT2D eigenvalue weighted by atomic mass is 16.5. The summed E-state index contributed by atoms with van der Waals surface area (Å²) < 4.78 is 5.90. The van der Waals surface area contributed by atoms with Crippen molar-refractivity contribution in [1.29, 1.82) is 0 Å². The largest absolute Gasteiger partial charge is 0.481 e. The third-order valence-electron chi connectivity index (χ3n) is 3.09. The number of carbonyl (C=O) groups is 1. The van der Waals surface area contributed by atoms with Crippen LogP contribution in [-0.4, -0.2) is 35.9 Å². The van der Waals surface area contributed by atoms with Crippen molar-refractivity contribution in [2.24, 2.45) is 0 Å². The van der Waals surface area contributed by atoms with Gasteiger partial charge in [-0.2, -0.15) is 0 Å². The van der Waals surface area contributed by atoms with Gasteiger partial charge >= 0.3 is 5.97 Å². The van der Waals surface area contributed by atoms with Crippen LogP contribution in [0.15, 0.2) is 0 Å². The van der Waals surface area contributed by atoms with E-state index in [1.54, 1.807) is 0 Å². The Labute approximate surface area is 83.6 Å². The molecule has 14 heavy (non-hydrogen) atoms. The van der Waals surface area contributed by atoms with E-state index >= 15 is 0 Å². The lowest BCUT2D eigenvalue weighted by molar-refractivity contribution is -0.158. The van der Waals surface area contributed by atoms with Gasteiger partial charge in [0.15, 0.2) is 0 Å². The van der Waals surface area contributed by atoms with Gasteiger partial charge in [-0.15, -0.1) is 0 Å². The minimum absolute atomic E-state index is 0.135. The molecule has 0 spiro atoms. The van der Waals surface area contributed by atoms with Gasteiger partial charge < -0.3 is 15.2 Å². The second-order valence-electron chi connectivity index (χ2n) is 4.38. The molecule has 2 N–H and O–H groups in total. The lowest BCUT2D eigenvalue weighted by atomic mass is 9.92. The summed E-state index contributed by atoms with van der Waals surface area (Å²) >= 11 is 0. The summed E-state index contributed by atoms with van der Waals surface area (Å²) in [6.45, 7) is 1.38. The van der Waals surface area contributed by atoms with Gasteiger partial charge in [0.2, 0.25) is 0 Å². The Balaban J connectivity index is 1.87. The van der Waals surface area contributed by atoms with Crippen molar-refractivity contribution < 1.29 is 14.6 Å². The molecule has 2 aliphatic rings. The lowest BCUT2D eigenvalue weighted by Crippen LogP contribution is -2.63. The number of carboxylic acid groups (broad SMARTS) is 1. The average molecular weight is 199 g/mol. The van der Waals surface area contributed by atoms with Gasteiger partial charge in [0.05, 0.1) is 12.5 Å². The normalized spacial score (nSPS) is 26.0. The molecule has 1 saturated heterocycles. The Bertz CT molecular complexity index is 219. The van der Waals surface area contributed by atoms with Crippen LogP contribution in [0.2, 0.25) is 0 Å². The fraction of sp³-hybridized carbons (Fsp3) is 0.900. The third kappa shape index (κ3) is 2.07. The zero-order valence-corrected chi connectivity index (χ0v) is 8.29. The molecular formula is C10H17NO3. The number of hydrogen-bond donors (Lipinski definition) is 2. The van der Waals surface area contributed by atoms with Crippen molar-refractivity contribution in [2.75, 3.05) is 13.1 Å². The molecule has 1 aliphatic heterocycles. The van der Waals surface area contributed by atoms with Crippen LogP contribution in [0.5, 0.6) is 0 Å².